The minimum absolute atomic E-state index is 0.0438. The van der Waals surface area contributed by atoms with Crippen LogP contribution in [0, 0.1) is 0 Å². The summed E-state index contributed by atoms with van der Waals surface area (Å²) < 4.78 is 7.08. The van der Waals surface area contributed by atoms with Gasteiger partial charge in [-0.1, -0.05) is 11.6 Å². The number of nitrogens with zero attached hydrogens (tertiary/aromatic N) is 2. The zero-order chi connectivity index (χ0) is 16.9. The van der Waals surface area contributed by atoms with Crippen LogP contribution in [0.15, 0.2) is 41.9 Å². The molecule has 2 aromatic heterocycles. The molecule has 24 heavy (non-hydrogen) atoms. The molecule has 8 heteroatoms. The SMILES string of the molecule is O=C(/C=C/c1c(Cl)nc2sccn12)Nc1ccc(OCCO)cc1. The number of hydrogen-bond donors (Lipinski definition) is 2. The van der Waals surface area contributed by atoms with E-state index in [1.54, 1.807) is 30.3 Å². The maximum Gasteiger partial charge on any atom is 0.248 e. The number of amides is 1. The van der Waals surface area contributed by atoms with Gasteiger partial charge < -0.3 is 15.2 Å². The number of thiazole rings is 1. The summed E-state index contributed by atoms with van der Waals surface area (Å²) in [7, 11) is 0. The van der Waals surface area contributed by atoms with E-state index in [0.29, 0.717) is 22.3 Å². The molecule has 2 N–H and O–H groups in total. The molecule has 2 heterocycles. The fourth-order valence-electron chi connectivity index (χ4n) is 2.06. The van der Waals surface area contributed by atoms with E-state index in [1.807, 2.05) is 16.0 Å². The standard InChI is InChI=1S/C16H14ClN3O3S/c17-15-13(20-7-10-24-16(20)19-15)5-6-14(22)18-11-1-3-12(4-2-11)23-9-8-21/h1-7,10,21H,8-9H2,(H,18,22)/b6-5+. The molecule has 0 aliphatic carbocycles. The third-order valence-electron chi connectivity index (χ3n) is 3.13. The average molecular weight is 364 g/mol. The van der Waals surface area contributed by atoms with Crippen LogP contribution in [-0.2, 0) is 4.79 Å². The Kier molecular flexibility index (Phi) is 5.14. The maximum atomic E-state index is 12.0. The molecule has 1 amide bonds. The first-order valence-corrected chi connectivity index (χ1v) is 8.37. The van der Waals surface area contributed by atoms with Crippen molar-refractivity contribution in [2.24, 2.45) is 0 Å². The van der Waals surface area contributed by atoms with Gasteiger partial charge in [0.25, 0.3) is 0 Å². The number of aliphatic hydroxyl groups excluding tert-OH is 1. The molecule has 0 saturated heterocycles. The molecular formula is C16H14ClN3O3S. The second-order valence-corrected chi connectivity index (χ2v) is 5.99. The van der Waals surface area contributed by atoms with Crippen LogP contribution in [0.3, 0.4) is 0 Å². The van der Waals surface area contributed by atoms with Gasteiger partial charge >= 0.3 is 0 Å². The van der Waals surface area contributed by atoms with Crippen LogP contribution in [0.2, 0.25) is 5.15 Å². The predicted octanol–water partition coefficient (Wildman–Crippen LogP) is 3.07. The van der Waals surface area contributed by atoms with Crippen LogP contribution in [-0.4, -0.2) is 33.6 Å². The lowest BCUT2D eigenvalue weighted by atomic mass is 10.3. The number of aromatic nitrogens is 2. The van der Waals surface area contributed by atoms with E-state index in [2.05, 4.69) is 10.3 Å². The molecule has 3 rings (SSSR count). The summed E-state index contributed by atoms with van der Waals surface area (Å²) in [5.41, 5.74) is 1.30. The molecule has 0 unspecified atom stereocenters. The van der Waals surface area contributed by atoms with Gasteiger partial charge in [0.15, 0.2) is 10.1 Å². The Labute approximate surface area is 147 Å². The van der Waals surface area contributed by atoms with Gasteiger partial charge in [0.1, 0.15) is 12.4 Å². The quantitative estimate of drug-likeness (QED) is 0.660. The van der Waals surface area contributed by atoms with Crippen molar-refractivity contribution >= 4 is 45.6 Å². The minimum atomic E-state index is -0.278. The maximum absolute atomic E-state index is 12.0. The Morgan fingerprint density at radius 1 is 1.42 bits per heavy atom. The summed E-state index contributed by atoms with van der Waals surface area (Å²) in [5.74, 6) is 0.351. The molecule has 0 aliphatic heterocycles. The van der Waals surface area contributed by atoms with Crippen molar-refractivity contribution in [3.05, 3.63) is 52.8 Å². The molecule has 0 radical (unpaired) electrons. The Bertz CT molecular complexity index is 870. The van der Waals surface area contributed by atoms with E-state index in [-0.39, 0.29) is 19.1 Å². The van der Waals surface area contributed by atoms with Crippen molar-refractivity contribution in [2.75, 3.05) is 18.5 Å². The summed E-state index contributed by atoms with van der Waals surface area (Å²) in [6, 6.07) is 6.89. The molecule has 0 fully saturated rings. The fourth-order valence-corrected chi connectivity index (χ4v) is 3.07. The third kappa shape index (κ3) is 3.76. The first-order chi connectivity index (χ1) is 11.7. The second-order valence-electron chi connectivity index (χ2n) is 4.76. The van der Waals surface area contributed by atoms with Gasteiger partial charge in [-0.3, -0.25) is 9.20 Å². The number of hydrogen-bond acceptors (Lipinski definition) is 5. The van der Waals surface area contributed by atoms with E-state index in [4.69, 9.17) is 21.4 Å². The van der Waals surface area contributed by atoms with Crippen molar-refractivity contribution in [1.82, 2.24) is 9.38 Å². The molecule has 0 spiro atoms. The molecule has 0 aliphatic rings. The van der Waals surface area contributed by atoms with Gasteiger partial charge in [-0.15, -0.1) is 11.3 Å². The largest absolute Gasteiger partial charge is 0.491 e. The fraction of sp³-hybridized carbons (Fsp3) is 0.125. The van der Waals surface area contributed by atoms with Crippen LogP contribution in [0.5, 0.6) is 5.75 Å². The summed E-state index contributed by atoms with van der Waals surface area (Å²) in [6.45, 7) is 0.190. The average Bonchev–Trinajstić information content (AvgIpc) is 3.13. The second kappa shape index (κ2) is 7.48. The van der Waals surface area contributed by atoms with Crippen molar-refractivity contribution in [3.8, 4) is 5.75 Å². The normalized spacial score (nSPS) is 11.2. The van der Waals surface area contributed by atoms with Crippen LogP contribution < -0.4 is 10.1 Å². The van der Waals surface area contributed by atoms with Crippen LogP contribution in [0.1, 0.15) is 5.69 Å². The third-order valence-corrected chi connectivity index (χ3v) is 4.16. The smallest absolute Gasteiger partial charge is 0.248 e. The lowest BCUT2D eigenvalue weighted by molar-refractivity contribution is -0.111. The van der Waals surface area contributed by atoms with Gasteiger partial charge in [-0.25, -0.2) is 4.98 Å². The van der Waals surface area contributed by atoms with E-state index < -0.39 is 0 Å². The van der Waals surface area contributed by atoms with Gasteiger partial charge in [-0.05, 0) is 30.3 Å². The summed E-state index contributed by atoms with van der Waals surface area (Å²) in [6.07, 6.45) is 4.88. The number of carbonyl (C=O) groups is 1. The van der Waals surface area contributed by atoms with Crippen LogP contribution in [0.25, 0.3) is 11.0 Å². The van der Waals surface area contributed by atoms with E-state index in [9.17, 15) is 4.79 Å². The van der Waals surface area contributed by atoms with Crippen LogP contribution >= 0.6 is 22.9 Å². The highest BCUT2D eigenvalue weighted by Crippen LogP contribution is 2.22. The molecular weight excluding hydrogens is 350 g/mol. The zero-order valence-corrected chi connectivity index (χ0v) is 14.0. The number of fused-ring (bicyclic) bond motifs is 1. The Balaban J connectivity index is 1.65. The first-order valence-electron chi connectivity index (χ1n) is 7.11. The van der Waals surface area contributed by atoms with Crippen molar-refractivity contribution in [2.45, 2.75) is 0 Å². The van der Waals surface area contributed by atoms with Crippen molar-refractivity contribution in [1.29, 1.82) is 0 Å². The number of carbonyl (C=O) groups excluding carboxylic acids is 1. The van der Waals surface area contributed by atoms with Crippen LogP contribution in [0.4, 0.5) is 5.69 Å². The first kappa shape index (κ1) is 16.5. The molecule has 0 saturated carbocycles. The summed E-state index contributed by atoms with van der Waals surface area (Å²) >= 11 is 7.54. The summed E-state index contributed by atoms with van der Waals surface area (Å²) in [5, 5.41) is 13.7. The number of nitrogens with one attached hydrogen (secondary N) is 1. The van der Waals surface area contributed by atoms with Gasteiger partial charge in [-0.2, -0.15) is 0 Å². The topological polar surface area (TPSA) is 75.9 Å². The number of benzene rings is 1. The number of ether oxygens (including phenoxy) is 1. The van der Waals surface area contributed by atoms with Gasteiger partial charge in [0, 0.05) is 23.3 Å². The molecule has 3 aromatic rings. The Morgan fingerprint density at radius 3 is 2.96 bits per heavy atom. The summed E-state index contributed by atoms with van der Waals surface area (Å²) in [4.78, 5) is 17.0. The van der Waals surface area contributed by atoms with E-state index in [1.165, 1.54) is 17.4 Å². The Hall–Kier alpha value is -2.35. The molecule has 0 atom stereocenters. The minimum Gasteiger partial charge on any atom is -0.491 e. The zero-order valence-electron chi connectivity index (χ0n) is 12.5. The Morgan fingerprint density at radius 2 is 2.21 bits per heavy atom. The monoisotopic (exact) mass is 363 g/mol. The molecule has 6 nitrogen and oxygen atoms in total. The number of anilines is 1. The van der Waals surface area contributed by atoms with E-state index >= 15 is 0 Å². The lowest BCUT2D eigenvalue weighted by Gasteiger charge is -2.06. The highest BCUT2D eigenvalue weighted by molar-refractivity contribution is 7.15. The number of imidazole rings is 1. The highest BCUT2D eigenvalue weighted by atomic mass is 35.5. The van der Waals surface area contributed by atoms with E-state index in [0.717, 1.165) is 4.96 Å². The molecule has 0 bridgehead atoms. The van der Waals surface area contributed by atoms with Crippen molar-refractivity contribution in [3.63, 3.8) is 0 Å². The predicted molar refractivity (Wildman–Crippen MR) is 94.8 cm³/mol. The van der Waals surface area contributed by atoms with Crippen molar-refractivity contribution < 1.29 is 14.6 Å². The number of rotatable bonds is 6. The lowest BCUT2D eigenvalue weighted by Crippen LogP contribution is -2.08. The van der Waals surface area contributed by atoms with Gasteiger partial charge in [0.05, 0.1) is 12.3 Å². The number of halogens is 1. The highest BCUT2D eigenvalue weighted by Gasteiger charge is 2.08. The van der Waals surface area contributed by atoms with Gasteiger partial charge in [0.2, 0.25) is 5.91 Å². The number of aliphatic hydroxyl groups is 1. The molecule has 124 valence electrons. The molecule has 1 aromatic carbocycles.